The first kappa shape index (κ1) is 52.1. The number of carboxylic acid groups (broad SMARTS) is 1. The second kappa shape index (κ2) is 21.2. The number of hydrogen-bond donors (Lipinski definition) is 3. The van der Waals surface area contributed by atoms with Crippen molar-refractivity contribution in [2.75, 3.05) is 24.6 Å². The van der Waals surface area contributed by atoms with E-state index in [0.717, 1.165) is 33.7 Å². The summed E-state index contributed by atoms with van der Waals surface area (Å²) in [6.45, 7) is 8.65. The van der Waals surface area contributed by atoms with Gasteiger partial charge in [0.2, 0.25) is 5.69 Å². The summed E-state index contributed by atoms with van der Waals surface area (Å²) < 4.78 is 102. The van der Waals surface area contributed by atoms with Gasteiger partial charge in [-0.3, -0.25) is 13.9 Å². The second-order valence-electron chi connectivity index (χ2n) is 16.4. The Morgan fingerprint density at radius 2 is 1.59 bits per heavy atom. The zero-order valence-corrected chi connectivity index (χ0v) is 38.2. The fraction of sp³-hybridized carbons (Fsp3) is 0.386. The summed E-state index contributed by atoms with van der Waals surface area (Å²) in [5, 5.41) is 9.70. The quantitative estimate of drug-likeness (QED) is 0.0406. The van der Waals surface area contributed by atoms with Crippen LogP contribution in [-0.2, 0) is 47.0 Å². The van der Waals surface area contributed by atoms with Crippen LogP contribution in [0.15, 0.2) is 117 Å². The number of rotatable bonds is 20. The van der Waals surface area contributed by atoms with Gasteiger partial charge >= 0.3 is 35.5 Å². The van der Waals surface area contributed by atoms with Crippen molar-refractivity contribution in [3.8, 4) is 0 Å². The minimum absolute atomic E-state index is 0. The summed E-state index contributed by atoms with van der Waals surface area (Å²) in [7, 11) is -13.0. The van der Waals surface area contributed by atoms with E-state index in [2.05, 4.69) is 0 Å². The van der Waals surface area contributed by atoms with Crippen LogP contribution in [0.2, 0.25) is 0 Å². The molecule has 19 heteroatoms. The van der Waals surface area contributed by atoms with E-state index in [1.165, 1.54) is 12.1 Å². The third-order valence-corrected chi connectivity index (χ3v) is 13.7. The first-order valence-electron chi connectivity index (χ1n) is 20.1. The minimum atomic E-state index is -4.75. The topological polar surface area (TPSA) is 222 Å². The van der Waals surface area contributed by atoms with Gasteiger partial charge in [-0.15, -0.1) is 0 Å². The van der Waals surface area contributed by atoms with Crippen LogP contribution in [-0.4, -0.2) is 125 Å². The molecule has 2 aromatic rings. The van der Waals surface area contributed by atoms with Gasteiger partial charge in [-0.2, -0.15) is 21.4 Å². The first-order valence-corrected chi connectivity index (χ1v) is 25.1. The molecule has 0 bridgehead atoms. The first-order chi connectivity index (χ1) is 28.9. The molecule has 2 aromatic carbocycles. The molecule has 5 rings (SSSR count). The van der Waals surface area contributed by atoms with Gasteiger partial charge in [-0.05, 0) is 86.9 Å². The van der Waals surface area contributed by atoms with E-state index >= 15 is 0 Å². The van der Waals surface area contributed by atoms with Crippen LogP contribution in [0.5, 0.6) is 0 Å². The molecule has 336 valence electrons. The molecule has 0 aliphatic carbocycles. The Labute approximate surface area is 397 Å². The predicted molar refractivity (Wildman–Crippen MR) is 247 cm³/mol. The third-order valence-electron chi connectivity index (χ3n) is 11.0. The maximum absolute atomic E-state index is 12.0. The van der Waals surface area contributed by atoms with Gasteiger partial charge < -0.3 is 14.6 Å². The molecule has 3 heterocycles. The Bertz CT molecular complexity index is 2700. The van der Waals surface area contributed by atoms with Gasteiger partial charge in [0.1, 0.15) is 22.5 Å². The molecule has 3 N–H and O–H groups in total. The Hall–Kier alpha value is -3.49. The van der Waals surface area contributed by atoms with E-state index in [-0.39, 0.29) is 59.5 Å². The van der Waals surface area contributed by atoms with Crippen LogP contribution in [0.4, 0.5) is 5.69 Å². The van der Waals surface area contributed by atoms with Crippen molar-refractivity contribution < 1.29 is 53.4 Å². The number of amidine groups is 1. The fourth-order valence-electron chi connectivity index (χ4n) is 7.75. The van der Waals surface area contributed by atoms with Crippen LogP contribution in [0.3, 0.4) is 0 Å². The van der Waals surface area contributed by atoms with Crippen molar-refractivity contribution >= 4 is 100 Å². The number of carboxylic acids is 1. The van der Waals surface area contributed by atoms with Gasteiger partial charge in [0, 0.05) is 54.3 Å². The average molecular weight is 955 g/mol. The number of fused-ring (bicyclic) bond motifs is 2. The molecule has 0 radical (unpaired) electrons. The fourth-order valence-corrected chi connectivity index (χ4v) is 9.61. The van der Waals surface area contributed by atoms with E-state index in [1.807, 2.05) is 104 Å². The number of hydrogen-bond acceptors (Lipinski definition) is 10. The predicted octanol–water partition coefficient (Wildman–Crippen LogP) is 6.90. The number of aliphatic carboxylic acids is 1. The van der Waals surface area contributed by atoms with Crippen molar-refractivity contribution in [3.05, 3.63) is 124 Å². The van der Waals surface area contributed by atoms with Crippen LogP contribution < -0.4 is 0 Å². The molecule has 3 aliphatic rings. The van der Waals surface area contributed by atoms with Crippen LogP contribution in [0.1, 0.15) is 82.9 Å². The number of unbranched alkanes of at least 4 members (excludes halogenated alkanes) is 2. The summed E-state index contributed by atoms with van der Waals surface area (Å²) in [4.78, 5) is 17.7. The van der Waals surface area contributed by atoms with Gasteiger partial charge in [0.15, 0.2) is 5.71 Å². The summed E-state index contributed by atoms with van der Waals surface area (Å²) >= 11 is 6.54. The number of nitrogens with zero attached hydrogens (tertiary/aromatic N) is 3. The van der Waals surface area contributed by atoms with E-state index < -0.39 is 52.9 Å². The Morgan fingerprint density at radius 1 is 0.905 bits per heavy atom. The molecule has 0 unspecified atom stereocenters. The van der Waals surface area contributed by atoms with Crippen LogP contribution >= 0.6 is 11.6 Å². The SMILES string of the molecule is CC1(C)C(=CC=CC(=CC=CC2=[N+](CCCCS(=O)(=O)O)c3ccc(S(=O)(=O)[O-])cc3C2(C)C)c2cccc(CCCC(=O)O)c2)N=C2C1=CC(Cl)=CN2CCCCS(=O)(=O)O.[NaH]. The monoisotopic (exact) mass is 953 g/mol. The van der Waals surface area contributed by atoms with E-state index in [9.17, 15) is 44.3 Å². The summed E-state index contributed by atoms with van der Waals surface area (Å²) in [6.07, 6.45) is 17.3. The molecule has 0 fully saturated rings. The van der Waals surface area contributed by atoms with Crippen LogP contribution in [0.25, 0.3) is 5.57 Å². The van der Waals surface area contributed by atoms with Crippen molar-refractivity contribution in [2.45, 2.75) is 83.0 Å². The van der Waals surface area contributed by atoms with Gasteiger partial charge in [-0.1, -0.05) is 74.0 Å². The average Bonchev–Trinajstić information content (AvgIpc) is 3.53. The van der Waals surface area contributed by atoms with Gasteiger partial charge in [-0.25, -0.2) is 13.4 Å². The summed E-state index contributed by atoms with van der Waals surface area (Å²) in [5.41, 5.74) is 4.94. The molecule has 63 heavy (non-hydrogen) atoms. The summed E-state index contributed by atoms with van der Waals surface area (Å²) in [5.74, 6) is -0.936. The number of carbonyl (C=O) groups is 1. The number of allylic oxidation sites excluding steroid dienone is 10. The third kappa shape index (κ3) is 14.0. The molecule has 0 saturated heterocycles. The standard InChI is InChI=1S/C44H52ClN3O11S3.Na.H/c1-43(2)37-28-34(45)30-47(23-5-7-25-60(51,52)53)42(37)46-39(43)18-11-15-32(33-17-9-13-31(27-33)14-10-20-41(49)50)16-12-19-40-44(3,4)36-29-35(62(57,58)59)21-22-38(36)48(40)24-6-8-26-61(54,55)56;;/h9,11-13,15-19,21-22,27-30H,5-8,10,14,20,23-26H2,1-4H3,(H3-,49,50,51,52,53,54,55,56,57,58,59);;. The van der Waals surface area contributed by atoms with Crippen molar-refractivity contribution in [2.24, 2.45) is 10.4 Å². The molecule has 0 atom stereocenters. The normalized spacial score (nSPS) is 18.1. The van der Waals surface area contributed by atoms with E-state index in [4.69, 9.17) is 21.1 Å². The number of aryl methyl sites for hydroxylation is 1. The molecular formula is C44H53ClN3NaO11S3. The number of halogens is 1. The molecule has 0 spiro atoms. The molecular weight excluding hydrogens is 901 g/mol. The Morgan fingerprint density at radius 3 is 2.24 bits per heavy atom. The number of benzene rings is 2. The molecule has 3 aliphatic heterocycles. The second-order valence-corrected chi connectivity index (χ2v) is 21.4. The van der Waals surface area contributed by atoms with E-state index in [0.29, 0.717) is 60.9 Å². The molecule has 0 saturated carbocycles. The Kier molecular flexibility index (Phi) is 17.6. The Balaban J connectivity index is 0.00000871. The molecule has 0 amide bonds. The number of aliphatic imine (C=N–C) groups is 1. The van der Waals surface area contributed by atoms with Crippen molar-refractivity contribution in [1.82, 2.24) is 4.90 Å². The zero-order chi connectivity index (χ0) is 45.7. The van der Waals surface area contributed by atoms with Crippen molar-refractivity contribution in [1.29, 1.82) is 0 Å². The van der Waals surface area contributed by atoms with E-state index in [1.54, 1.807) is 12.3 Å². The zero-order valence-electron chi connectivity index (χ0n) is 35.0. The molecule has 0 aromatic heterocycles. The summed E-state index contributed by atoms with van der Waals surface area (Å²) in [6, 6.07) is 12.0. The molecule has 14 nitrogen and oxygen atoms in total. The van der Waals surface area contributed by atoms with Gasteiger partial charge in [0.25, 0.3) is 20.2 Å². The van der Waals surface area contributed by atoms with Crippen LogP contribution in [0, 0.1) is 5.41 Å². The van der Waals surface area contributed by atoms with Gasteiger partial charge in [0.05, 0.1) is 32.5 Å². The van der Waals surface area contributed by atoms with Crippen molar-refractivity contribution in [3.63, 3.8) is 0 Å². The maximum atomic E-state index is 12.0.